The Morgan fingerprint density at radius 1 is 1.27 bits per heavy atom. The number of rotatable bonds is 10. The second-order valence-electron chi connectivity index (χ2n) is 6.71. The van der Waals surface area contributed by atoms with Crippen molar-refractivity contribution < 1.29 is 14.2 Å². The summed E-state index contributed by atoms with van der Waals surface area (Å²) in [7, 11) is 5.35. The second kappa shape index (κ2) is 13.7. The molecule has 0 aliphatic heterocycles. The van der Waals surface area contributed by atoms with Crippen molar-refractivity contribution in [3.63, 3.8) is 0 Å². The maximum absolute atomic E-state index is 5.97. The minimum absolute atomic E-state index is 0. The number of nitrogens with one attached hydrogen (secondary N) is 1. The first kappa shape index (κ1) is 26.4. The fourth-order valence-electron chi connectivity index (χ4n) is 2.63. The number of benzene rings is 1. The van der Waals surface area contributed by atoms with Crippen molar-refractivity contribution in [3.05, 3.63) is 40.3 Å². The van der Waals surface area contributed by atoms with Gasteiger partial charge in [0, 0.05) is 32.1 Å². The maximum Gasteiger partial charge on any atom is 0.194 e. The molecule has 0 radical (unpaired) electrons. The molecular formula is C21H33IN4O3S. The molecule has 0 aliphatic rings. The van der Waals surface area contributed by atoms with Crippen molar-refractivity contribution in [1.29, 1.82) is 0 Å². The lowest BCUT2D eigenvalue weighted by Gasteiger charge is -2.22. The van der Waals surface area contributed by atoms with E-state index < -0.39 is 0 Å². The molecule has 1 N–H and O–H groups in total. The first-order chi connectivity index (χ1) is 14.0. The van der Waals surface area contributed by atoms with Gasteiger partial charge in [0.2, 0.25) is 0 Å². The molecule has 1 aromatic carbocycles. The Hall–Kier alpha value is -1.59. The average Bonchev–Trinajstić information content (AvgIpc) is 3.19. The maximum atomic E-state index is 5.97. The van der Waals surface area contributed by atoms with Crippen molar-refractivity contribution >= 4 is 41.3 Å². The Kier molecular flexibility index (Phi) is 12.0. The summed E-state index contributed by atoms with van der Waals surface area (Å²) in [6.45, 7) is 8.06. The van der Waals surface area contributed by atoms with Gasteiger partial charge in [0.05, 0.1) is 25.9 Å². The van der Waals surface area contributed by atoms with E-state index in [0.717, 1.165) is 34.7 Å². The molecule has 0 saturated carbocycles. The number of thiazole rings is 1. The molecule has 9 heteroatoms. The van der Waals surface area contributed by atoms with Crippen molar-refractivity contribution in [2.75, 3.05) is 34.4 Å². The summed E-state index contributed by atoms with van der Waals surface area (Å²) in [5.74, 6) is 2.37. The zero-order valence-electron chi connectivity index (χ0n) is 18.5. The van der Waals surface area contributed by atoms with Crippen LogP contribution in [0.15, 0.2) is 34.6 Å². The molecule has 7 nitrogen and oxygen atoms in total. The predicted molar refractivity (Wildman–Crippen MR) is 133 cm³/mol. The second-order valence-corrected chi connectivity index (χ2v) is 7.60. The number of methoxy groups -OCH3 is 2. The van der Waals surface area contributed by atoms with E-state index in [1.165, 1.54) is 0 Å². The summed E-state index contributed by atoms with van der Waals surface area (Å²) in [5, 5.41) is 6.39. The first-order valence-electron chi connectivity index (χ1n) is 9.74. The van der Waals surface area contributed by atoms with Crippen LogP contribution in [0.2, 0.25) is 0 Å². The zero-order valence-corrected chi connectivity index (χ0v) is 21.7. The predicted octanol–water partition coefficient (Wildman–Crippen LogP) is 4.34. The van der Waals surface area contributed by atoms with Gasteiger partial charge in [0.15, 0.2) is 5.96 Å². The third-order valence-corrected chi connectivity index (χ3v) is 5.30. The van der Waals surface area contributed by atoms with Gasteiger partial charge >= 0.3 is 0 Å². The molecule has 30 heavy (non-hydrogen) atoms. The average molecular weight is 548 g/mol. The number of aliphatic imine (C=N–C) groups is 1. The number of halogens is 1. The minimum atomic E-state index is -0.0717. The van der Waals surface area contributed by atoms with Gasteiger partial charge in [-0.1, -0.05) is 6.07 Å². The number of guanidine groups is 1. The van der Waals surface area contributed by atoms with Crippen LogP contribution in [-0.2, 0) is 11.3 Å². The van der Waals surface area contributed by atoms with E-state index >= 15 is 0 Å². The molecule has 0 aliphatic carbocycles. The van der Waals surface area contributed by atoms with Gasteiger partial charge in [-0.25, -0.2) is 9.98 Å². The van der Waals surface area contributed by atoms with Gasteiger partial charge in [-0.3, -0.25) is 0 Å². The molecule has 2 atom stereocenters. The van der Waals surface area contributed by atoms with Crippen molar-refractivity contribution in [2.45, 2.75) is 39.5 Å². The largest absolute Gasteiger partial charge is 0.497 e. The highest BCUT2D eigenvalue weighted by Crippen LogP contribution is 2.21. The molecule has 0 amide bonds. The first-order valence-corrected chi connectivity index (χ1v) is 10.6. The summed E-state index contributed by atoms with van der Waals surface area (Å²) in [4.78, 5) is 11.5. The number of nitrogens with zero attached hydrogens (tertiary/aromatic N) is 3. The molecule has 168 valence electrons. The molecule has 2 aromatic rings. The van der Waals surface area contributed by atoms with Crippen molar-refractivity contribution in [2.24, 2.45) is 4.99 Å². The van der Waals surface area contributed by atoms with Crippen LogP contribution in [0, 0.1) is 0 Å². The standard InChI is InChI=1S/C21H32N4O3S.HI/c1-7-22-21(25(4)13-17-14-29-20(24-17)16(3)26-5)23-12-15(2)28-19-10-8-9-18(11-19)27-6;/h8-11,14-16H,7,12-13H2,1-6H3,(H,22,23);1H. The van der Waals surface area contributed by atoms with Gasteiger partial charge in [0.25, 0.3) is 0 Å². The van der Waals surface area contributed by atoms with E-state index in [4.69, 9.17) is 19.2 Å². The Morgan fingerprint density at radius 3 is 2.67 bits per heavy atom. The fourth-order valence-corrected chi connectivity index (χ4v) is 3.47. The van der Waals surface area contributed by atoms with Crippen LogP contribution in [0.1, 0.15) is 37.6 Å². The SMILES string of the molecule is CCNC(=NCC(C)Oc1cccc(OC)c1)N(C)Cc1csc(C(C)OC)n1.I. The van der Waals surface area contributed by atoms with E-state index in [2.05, 4.69) is 27.5 Å². The third kappa shape index (κ3) is 8.27. The Bertz CT molecular complexity index is 787. The fraction of sp³-hybridized carbons (Fsp3) is 0.524. The normalized spacial score (nSPS) is 13.2. The monoisotopic (exact) mass is 548 g/mol. The van der Waals surface area contributed by atoms with Gasteiger partial charge in [-0.05, 0) is 32.9 Å². The molecule has 1 aromatic heterocycles. The molecule has 2 rings (SSSR count). The Labute approximate surface area is 200 Å². The van der Waals surface area contributed by atoms with Crippen LogP contribution < -0.4 is 14.8 Å². The van der Waals surface area contributed by atoms with Crippen LogP contribution in [0.4, 0.5) is 0 Å². The highest BCUT2D eigenvalue weighted by atomic mass is 127. The van der Waals surface area contributed by atoms with E-state index in [0.29, 0.717) is 13.1 Å². The topological polar surface area (TPSA) is 68.2 Å². The summed E-state index contributed by atoms with van der Waals surface area (Å²) < 4.78 is 16.6. The third-order valence-electron chi connectivity index (χ3n) is 4.24. The van der Waals surface area contributed by atoms with Gasteiger partial charge in [-0.15, -0.1) is 35.3 Å². The minimum Gasteiger partial charge on any atom is -0.497 e. The molecule has 0 bridgehead atoms. The lowest BCUT2D eigenvalue weighted by molar-refractivity contribution is 0.119. The molecule has 0 saturated heterocycles. The lowest BCUT2D eigenvalue weighted by atomic mass is 10.3. The highest BCUT2D eigenvalue weighted by Gasteiger charge is 2.13. The number of hydrogen-bond donors (Lipinski definition) is 1. The zero-order chi connectivity index (χ0) is 21.2. The van der Waals surface area contributed by atoms with Crippen LogP contribution in [0.3, 0.4) is 0 Å². The molecule has 2 unspecified atom stereocenters. The van der Waals surface area contributed by atoms with Crippen LogP contribution in [-0.4, -0.2) is 56.3 Å². The number of ether oxygens (including phenoxy) is 3. The smallest absolute Gasteiger partial charge is 0.194 e. The van der Waals surface area contributed by atoms with Crippen molar-refractivity contribution in [1.82, 2.24) is 15.2 Å². The van der Waals surface area contributed by atoms with Crippen LogP contribution >= 0.6 is 35.3 Å². The van der Waals surface area contributed by atoms with E-state index in [1.54, 1.807) is 25.6 Å². The number of hydrogen-bond acceptors (Lipinski definition) is 6. The summed E-state index contributed by atoms with van der Waals surface area (Å²) in [6.07, 6.45) is -0.0619. The summed E-state index contributed by atoms with van der Waals surface area (Å²) >= 11 is 1.62. The van der Waals surface area contributed by atoms with E-state index in [-0.39, 0.29) is 36.2 Å². The summed E-state index contributed by atoms with van der Waals surface area (Å²) in [6, 6.07) is 7.60. The molecule has 0 fully saturated rings. The summed E-state index contributed by atoms with van der Waals surface area (Å²) in [5.41, 5.74) is 1.00. The quantitative estimate of drug-likeness (QED) is 0.271. The Morgan fingerprint density at radius 2 is 2.00 bits per heavy atom. The van der Waals surface area contributed by atoms with Crippen LogP contribution in [0.25, 0.3) is 0 Å². The van der Waals surface area contributed by atoms with Gasteiger partial charge < -0.3 is 24.4 Å². The highest BCUT2D eigenvalue weighted by molar-refractivity contribution is 14.0. The Balaban J connectivity index is 0.00000450. The number of aromatic nitrogens is 1. The molecular weight excluding hydrogens is 515 g/mol. The molecule has 1 heterocycles. The van der Waals surface area contributed by atoms with Crippen LogP contribution in [0.5, 0.6) is 11.5 Å². The lowest BCUT2D eigenvalue weighted by Crippen LogP contribution is -2.39. The molecule has 0 spiro atoms. The van der Waals surface area contributed by atoms with Gasteiger partial charge in [0.1, 0.15) is 28.7 Å². The van der Waals surface area contributed by atoms with Gasteiger partial charge in [-0.2, -0.15) is 0 Å². The van der Waals surface area contributed by atoms with E-state index in [9.17, 15) is 0 Å². The van der Waals surface area contributed by atoms with E-state index in [1.807, 2.05) is 45.2 Å². The van der Waals surface area contributed by atoms with Crippen molar-refractivity contribution in [3.8, 4) is 11.5 Å².